The van der Waals surface area contributed by atoms with E-state index in [1.54, 1.807) is 0 Å². The summed E-state index contributed by atoms with van der Waals surface area (Å²) in [6.45, 7) is 9.65. The molecule has 1 aliphatic rings. The van der Waals surface area contributed by atoms with Gasteiger partial charge in [-0.15, -0.1) is 0 Å². The summed E-state index contributed by atoms with van der Waals surface area (Å²) in [5.41, 5.74) is 2.42. The Morgan fingerprint density at radius 3 is 2.58 bits per heavy atom. The second kappa shape index (κ2) is 5.51. The molecule has 0 spiro atoms. The molecule has 1 aliphatic heterocycles. The van der Waals surface area contributed by atoms with Crippen molar-refractivity contribution in [3.05, 3.63) is 29.8 Å². The standard InChI is InChI=1S/C16H26N2O/c1-5-15(19)13-8-6-7-9-14(13)18-11-10-17(4)16(2,3)12-18/h6-9,15,19H,5,10-12H2,1-4H3/t15-/m1/s1. The van der Waals surface area contributed by atoms with Crippen LogP contribution >= 0.6 is 0 Å². The molecule has 1 fully saturated rings. The van der Waals surface area contributed by atoms with E-state index in [9.17, 15) is 5.11 Å². The molecule has 0 radical (unpaired) electrons. The average Bonchev–Trinajstić information content (AvgIpc) is 2.41. The minimum atomic E-state index is -0.362. The van der Waals surface area contributed by atoms with Crippen LogP contribution in [0.5, 0.6) is 0 Å². The number of hydrogen-bond donors (Lipinski definition) is 1. The third kappa shape index (κ3) is 2.93. The van der Waals surface area contributed by atoms with Crippen molar-refractivity contribution in [2.24, 2.45) is 0 Å². The van der Waals surface area contributed by atoms with Crippen LogP contribution in [-0.2, 0) is 0 Å². The zero-order valence-corrected chi connectivity index (χ0v) is 12.6. The van der Waals surface area contributed by atoms with Gasteiger partial charge in [0.1, 0.15) is 0 Å². The molecule has 1 heterocycles. The second-order valence-electron chi connectivity index (χ2n) is 6.14. The number of likely N-dealkylation sites (N-methyl/N-ethyl adjacent to an activating group) is 1. The molecule has 0 unspecified atom stereocenters. The Labute approximate surface area is 116 Å². The minimum Gasteiger partial charge on any atom is -0.388 e. The highest BCUT2D eigenvalue weighted by Crippen LogP contribution is 2.31. The molecule has 1 saturated heterocycles. The zero-order chi connectivity index (χ0) is 14.0. The van der Waals surface area contributed by atoms with E-state index in [0.29, 0.717) is 0 Å². The average molecular weight is 262 g/mol. The van der Waals surface area contributed by atoms with Crippen LogP contribution in [-0.4, -0.2) is 42.2 Å². The maximum Gasteiger partial charge on any atom is 0.0807 e. The van der Waals surface area contributed by atoms with E-state index in [1.807, 2.05) is 13.0 Å². The van der Waals surface area contributed by atoms with Gasteiger partial charge < -0.3 is 10.0 Å². The van der Waals surface area contributed by atoms with Gasteiger partial charge in [0.25, 0.3) is 0 Å². The Bertz CT molecular complexity index is 431. The van der Waals surface area contributed by atoms with E-state index in [0.717, 1.165) is 31.6 Å². The molecule has 3 heteroatoms. The fourth-order valence-electron chi connectivity index (χ4n) is 2.72. The fraction of sp³-hybridized carbons (Fsp3) is 0.625. The molecule has 0 amide bonds. The van der Waals surface area contributed by atoms with Crippen molar-refractivity contribution in [2.75, 3.05) is 31.6 Å². The Kier molecular flexibility index (Phi) is 4.16. The molecular weight excluding hydrogens is 236 g/mol. The van der Waals surface area contributed by atoms with Crippen molar-refractivity contribution < 1.29 is 5.11 Å². The van der Waals surface area contributed by atoms with Crippen LogP contribution < -0.4 is 4.90 Å². The lowest BCUT2D eigenvalue weighted by atomic mass is 9.97. The van der Waals surface area contributed by atoms with Crippen molar-refractivity contribution in [3.8, 4) is 0 Å². The Morgan fingerprint density at radius 2 is 1.95 bits per heavy atom. The summed E-state index contributed by atoms with van der Waals surface area (Å²) in [5, 5.41) is 10.2. The number of benzene rings is 1. The largest absolute Gasteiger partial charge is 0.388 e. The van der Waals surface area contributed by atoms with Gasteiger partial charge in [-0.2, -0.15) is 0 Å². The van der Waals surface area contributed by atoms with E-state index in [2.05, 4.69) is 48.9 Å². The minimum absolute atomic E-state index is 0.169. The van der Waals surface area contributed by atoms with Gasteiger partial charge >= 0.3 is 0 Å². The highest BCUT2D eigenvalue weighted by atomic mass is 16.3. The van der Waals surface area contributed by atoms with Gasteiger partial charge in [-0.1, -0.05) is 25.1 Å². The van der Waals surface area contributed by atoms with Crippen LogP contribution in [0.3, 0.4) is 0 Å². The SMILES string of the molecule is CC[C@@H](O)c1ccccc1N1CCN(C)C(C)(C)C1. The maximum atomic E-state index is 10.2. The van der Waals surface area contributed by atoms with Crippen LogP contribution in [0.1, 0.15) is 38.9 Å². The predicted molar refractivity (Wildman–Crippen MR) is 80.6 cm³/mol. The molecule has 2 rings (SSSR count). The first-order valence-corrected chi connectivity index (χ1v) is 7.19. The highest BCUT2D eigenvalue weighted by molar-refractivity contribution is 5.55. The van der Waals surface area contributed by atoms with Crippen molar-refractivity contribution >= 4 is 5.69 Å². The number of rotatable bonds is 3. The lowest BCUT2D eigenvalue weighted by Crippen LogP contribution is -2.57. The van der Waals surface area contributed by atoms with Gasteiger partial charge in [0, 0.05) is 36.4 Å². The normalized spacial score (nSPS) is 21.4. The number of anilines is 1. The van der Waals surface area contributed by atoms with E-state index in [4.69, 9.17) is 0 Å². The van der Waals surface area contributed by atoms with Gasteiger partial charge in [-0.3, -0.25) is 4.90 Å². The molecule has 106 valence electrons. The predicted octanol–water partition coefficient (Wildman–Crippen LogP) is 2.66. The van der Waals surface area contributed by atoms with Crippen LogP contribution in [0, 0.1) is 0 Å². The van der Waals surface area contributed by atoms with E-state index < -0.39 is 0 Å². The molecule has 3 nitrogen and oxygen atoms in total. The number of aliphatic hydroxyl groups is 1. The summed E-state index contributed by atoms with van der Waals surface area (Å²) in [5.74, 6) is 0. The molecule has 19 heavy (non-hydrogen) atoms. The first-order valence-electron chi connectivity index (χ1n) is 7.19. The summed E-state index contributed by atoms with van der Waals surface area (Å²) >= 11 is 0. The summed E-state index contributed by atoms with van der Waals surface area (Å²) in [6, 6.07) is 8.26. The van der Waals surface area contributed by atoms with E-state index in [-0.39, 0.29) is 11.6 Å². The number of aliphatic hydroxyl groups excluding tert-OH is 1. The molecule has 1 aromatic rings. The Morgan fingerprint density at radius 1 is 1.26 bits per heavy atom. The smallest absolute Gasteiger partial charge is 0.0807 e. The van der Waals surface area contributed by atoms with Crippen molar-refractivity contribution in [1.82, 2.24) is 4.90 Å². The molecule has 1 aromatic carbocycles. The molecule has 0 aliphatic carbocycles. The third-order valence-electron chi connectivity index (χ3n) is 4.34. The lowest BCUT2D eigenvalue weighted by molar-refractivity contribution is 0.137. The van der Waals surface area contributed by atoms with Crippen LogP contribution in [0.25, 0.3) is 0 Å². The van der Waals surface area contributed by atoms with Crippen LogP contribution in [0.2, 0.25) is 0 Å². The zero-order valence-electron chi connectivity index (χ0n) is 12.6. The fourth-order valence-corrected chi connectivity index (χ4v) is 2.72. The number of hydrogen-bond acceptors (Lipinski definition) is 3. The maximum absolute atomic E-state index is 10.2. The van der Waals surface area contributed by atoms with E-state index >= 15 is 0 Å². The Hall–Kier alpha value is -1.06. The first-order chi connectivity index (χ1) is 8.95. The van der Waals surface area contributed by atoms with Gasteiger partial charge in [0.15, 0.2) is 0 Å². The van der Waals surface area contributed by atoms with Gasteiger partial charge in [0.2, 0.25) is 0 Å². The molecular formula is C16H26N2O. The molecule has 0 aromatic heterocycles. The summed E-state index contributed by atoms with van der Waals surface area (Å²) in [6.07, 6.45) is 0.396. The van der Waals surface area contributed by atoms with Crippen LogP contribution in [0.4, 0.5) is 5.69 Å². The van der Waals surface area contributed by atoms with Gasteiger partial charge in [-0.25, -0.2) is 0 Å². The summed E-state index contributed by atoms with van der Waals surface area (Å²) in [7, 11) is 2.18. The first kappa shape index (κ1) is 14.4. The molecule has 0 saturated carbocycles. The van der Waals surface area contributed by atoms with Gasteiger partial charge in [0.05, 0.1) is 6.10 Å². The summed E-state index contributed by atoms with van der Waals surface area (Å²) in [4.78, 5) is 4.82. The molecule has 0 bridgehead atoms. The topological polar surface area (TPSA) is 26.7 Å². The lowest BCUT2D eigenvalue weighted by Gasteiger charge is -2.46. The molecule has 1 N–H and O–H groups in total. The van der Waals surface area contributed by atoms with E-state index in [1.165, 1.54) is 5.69 Å². The highest BCUT2D eigenvalue weighted by Gasteiger charge is 2.32. The van der Waals surface area contributed by atoms with Gasteiger partial charge in [-0.05, 0) is 33.4 Å². The third-order valence-corrected chi connectivity index (χ3v) is 4.34. The number of nitrogens with zero attached hydrogens (tertiary/aromatic N) is 2. The second-order valence-corrected chi connectivity index (χ2v) is 6.14. The number of piperazine rings is 1. The van der Waals surface area contributed by atoms with Crippen LogP contribution in [0.15, 0.2) is 24.3 Å². The number of para-hydroxylation sites is 1. The quantitative estimate of drug-likeness (QED) is 0.907. The van der Waals surface area contributed by atoms with Crippen molar-refractivity contribution in [1.29, 1.82) is 0 Å². The van der Waals surface area contributed by atoms with Crippen molar-refractivity contribution in [3.63, 3.8) is 0 Å². The monoisotopic (exact) mass is 262 g/mol. The molecule has 1 atom stereocenters. The summed E-state index contributed by atoms with van der Waals surface area (Å²) < 4.78 is 0. The van der Waals surface area contributed by atoms with Crippen molar-refractivity contribution in [2.45, 2.75) is 38.8 Å². The Balaban J connectivity index is 2.27.